The molecule has 0 heterocycles. The Morgan fingerprint density at radius 1 is 0.931 bits per heavy atom. The van der Waals surface area contributed by atoms with Crippen molar-refractivity contribution in [1.29, 1.82) is 0 Å². The van der Waals surface area contributed by atoms with Gasteiger partial charge in [0.15, 0.2) is 11.5 Å². The lowest BCUT2D eigenvalue weighted by atomic mass is 10.0. The minimum Gasteiger partial charge on any atom is -0.493 e. The predicted molar refractivity (Wildman–Crippen MR) is 105 cm³/mol. The molecule has 0 aromatic heterocycles. The number of ether oxygens (including phenoxy) is 2. The molecule has 1 atom stereocenters. The van der Waals surface area contributed by atoms with Crippen LogP contribution in [0.5, 0.6) is 11.5 Å². The van der Waals surface area contributed by atoms with Crippen molar-refractivity contribution in [2.75, 3.05) is 17.7 Å². The Bertz CT molecular complexity index is 832. The lowest BCUT2D eigenvalue weighted by Crippen LogP contribution is -2.48. The van der Waals surface area contributed by atoms with Crippen molar-refractivity contribution < 1.29 is 27.8 Å². The van der Waals surface area contributed by atoms with Crippen molar-refractivity contribution in [3.05, 3.63) is 48.5 Å². The SMILES string of the molecule is COc1ccc(NC(=O)C(NC(=O)Nc2ccccc2)C(C)C)cc1OC(F)F. The molecule has 3 N–H and O–H groups in total. The van der Waals surface area contributed by atoms with Crippen molar-refractivity contribution >= 4 is 23.3 Å². The minimum atomic E-state index is -3.04. The molecule has 0 radical (unpaired) electrons. The van der Waals surface area contributed by atoms with Gasteiger partial charge in [-0.1, -0.05) is 32.0 Å². The number of benzene rings is 2. The highest BCUT2D eigenvalue weighted by molar-refractivity contribution is 5.99. The molecule has 2 rings (SSSR count). The predicted octanol–water partition coefficient (Wildman–Crippen LogP) is 4.08. The van der Waals surface area contributed by atoms with Crippen LogP contribution in [0.4, 0.5) is 25.0 Å². The molecule has 0 aliphatic rings. The van der Waals surface area contributed by atoms with Crippen molar-refractivity contribution in [2.24, 2.45) is 5.92 Å². The van der Waals surface area contributed by atoms with Crippen LogP contribution in [-0.2, 0) is 4.79 Å². The molecule has 0 saturated carbocycles. The number of halogens is 2. The number of hydrogen-bond donors (Lipinski definition) is 3. The molecule has 0 saturated heterocycles. The summed E-state index contributed by atoms with van der Waals surface area (Å²) in [7, 11) is 1.32. The van der Waals surface area contributed by atoms with Gasteiger partial charge < -0.3 is 25.4 Å². The molecule has 0 spiro atoms. The Kier molecular flexibility index (Phi) is 7.76. The van der Waals surface area contributed by atoms with E-state index < -0.39 is 24.6 Å². The van der Waals surface area contributed by atoms with Gasteiger partial charge in [0.2, 0.25) is 5.91 Å². The quantitative estimate of drug-likeness (QED) is 0.615. The van der Waals surface area contributed by atoms with Crippen LogP contribution in [0.15, 0.2) is 48.5 Å². The molecule has 1 unspecified atom stereocenters. The van der Waals surface area contributed by atoms with Crippen molar-refractivity contribution in [2.45, 2.75) is 26.5 Å². The van der Waals surface area contributed by atoms with Gasteiger partial charge in [0.25, 0.3) is 0 Å². The van der Waals surface area contributed by atoms with Gasteiger partial charge in [-0.25, -0.2) is 4.79 Å². The zero-order chi connectivity index (χ0) is 21.4. The largest absolute Gasteiger partial charge is 0.493 e. The fourth-order valence-corrected chi connectivity index (χ4v) is 2.53. The number of hydrogen-bond acceptors (Lipinski definition) is 4. The maximum Gasteiger partial charge on any atom is 0.387 e. The smallest absolute Gasteiger partial charge is 0.387 e. The van der Waals surface area contributed by atoms with E-state index in [1.165, 1.54) is 25.3 Å². The van der Waals surface area contributed by atoms with Crippen molar-refractivity contribution in [3.8, 4) is 11.5 Å². The monoisotopic (exact) mass is 407 g/mol. The van der Waals surface area contributed by atoms with E-state index in [1.807, 2.05) is 6.07 Å². The molecular formula is C20H23F2N3O4. The van der Waals surface area contributed by atoms with Crippen molar-refractivity contribution in [1.82, 2.24) is 5.32 Å². The number of nitrogens with one attached hydrogen (secondary N) is 3. The van der Waals surface area contributed by atoms with Crippen LogP contribution in [0.25, 0.3) is 0 Å². The number of amides is 3. The molecule has 2 aromatic rings. The summed E-state index contributed by atoms with van der Waals surface area (Å²) in [6.45, 7) is 0.500. The Balaban J connectivity index is 2.08. The molecule has 0 bridgehead atoms. The number of methoxy groups -OCH3 is 1. The van der Waals surface area contributed by atoms with Gasteiger partial charge in [-0.2, -0.15) is 8.78 Å². The van der Waals surface area contributed by atoms with Crippen LogP contribution in [0, 0.1) is 5.92 Å². The first-order valence-corrected chi connectivity index (χ1v) is 8.86. The highest BCUT2D eigenvalue weighted by Crippen LogP contribution is 2.31. The van der Waals surface area contributed by atoms with Crippen LogP contribution in [-0.4, -0.2) is 31.7 Å². The normalized spacial score (nSPS) is 11.7. The number of carbonyl (C=O) groups excluding carboxylic acids is 2. The van der Waals surface area contributed by atoms with Gasteiger partial charge in [0.1, 0.15) is 6.04 Å². The average Bonchev–Trinajstić information content (AvgIpc) is 2.66. The Morgan fingerprint density at radius 2 is 1.62 bits per heavy atom. The third-order valence-electron chi connectivity index (χ3n) is 3.91. The third kappa shape index (κ3) is 6.63. The number of anilines is 2. The molecule has 7 nitrogen and oxygen atoms in total. The molecular weight excluding hydrogens is 384 g/mol. The molecule has 0 fully saturated rings. The number of para-hydroxylation sites is 1. The second-order valence-electron chi connectivity index (χ2n) is 6.42. The van der Waals surface area contributed by atoms with Gasteiger partial charge >= 0.3 is 12.6 Å². The second kappa shape index (κ2) is 10.3. The van der Waals surface area contributed by atoms with Gasteiger partial charge in [-0.3, -0.25) is 4.79 Å². The summed E-state index contributed by atoms with van der Waals surface area (Å²) in [5.74, 6) is -0.844. The van der Waals surface area contributed by atoms with E-state index in [0.29, 0.717) is 5.69 Å². The molecule has 2 aromatic carbocycles. The summed E-state index contributed by atoms with van der Waals surface area (Å²) in [6.07, 6.45) is 0. The maximum absolute atomic E-state index is 12.7. The van der Waals surface area contributed by atoms with Gasteiger partial charge in [0, 0.05) is 17.4 Å². The first-order valence-electron chi connectivity index (χ1n) is 8.86. The number of urea groups is 1. The highest BCUT2D eigenvalue weighted by atomic mass is 19.3. The van der Waals surface area contributed by atoms with Crippen LogP contribution in [0.3, 0.4) is 0 Å². The third-order valence-corrected chi connectivity index (χ3v) is 3.91. The topological polar surface area (TPSA) is 88.7 Å². The fourth-order valence-electron chi connectivity index (χ4n) is 2.53. The molecule has 156 valence electrons. The molecule has 0 aliphatic carbocycles. The van der Waals surface area contributed by atoms with Crippen LogP contribution < -0.4 is 25.4 Å². The second-order valence-corrected chi connectivity index (χ2v) is 6.42. The highest BCUT2D eigenvalue weighted by Gasteiger charge is 2.25. The summed E-state index contributed by atoms with van der Waals surface area (Å²) in [5.41, 5.74) is 0.805. The maximum atomic E-state index is 12.7. The summed E-state index contributed by atoms with van der Waals surface area (Å²) < 4.78 is 34.5. The van der Waals surface area contributed by atoms with E-state index in [-0.39, 0.29) is 23.1 Å². The zero-order valence-corrected chi connectivity index (χ0v) is 16.2. The average molecular weight is 407 g/mol. The lowest BCUT2D eigenvalue weighted by molar-refractivity contribution is -0.118. The van der Waals surface area contributed by atoms with E-state index in [9.17, 15) is 18.4 Å². The fraction of sp³-hybridized carbons (Fsp3) is 0.300. The minimum absolute atomic E-state index is 0.101. The van der Waals surface area contributed by atoms with E-state index >= 15 is 0 Å². The Hall–Kier alpha value is -3.36. The van der Waals surface area contributed by atoms with E-state index in [2.05, 4.69) is 20.7 Å². The van der Waals surface area contributed by atoms with Crippen LogP contribution in [0.1, 0.15) is 13.8 Å². The summed E-state index contributed by atoms with van der Waals surface area (Å²) in [5, 5.41) is 7.85. The lowest BCUT2D eigenvalue weighted by Gasteiger charge is -2.22. The number of alkyl halides is 2. The van der Waals surface area contributed by atoms with Gasteiger partial charge in [0.05, 0.1) is 7.11 Å². The van der Waals surface area contributed by atoms with Gasteiger partial charge in [-0.15, -0.1) is 0 Å². The summed E-state index contributed by atoms with van der Waals surface area (Å²) >= 11 is 0. The zero-order valence-electron chi connectivity index (χ0n) is 16.2. The number of rotatable bonds is 8. The van der Waals surface area contributed by atoms with E-state index in [1.54, 1.807) is 38.1 Å². The first kappa shape index (κ1) is 21.9. The Morgan fingerprint density at radius 3 is 2.21 bits per heavy atom. The molecule has 9 heteroatoms. The van der Waals surface area contributed by atoms with Crippen LogP contribution in [0.2, 0.25) is 0 Å². The standard InChI is InChI=1S/C20H23F2N3O4/c1-12(2)17(25-20(27)24-13-7-5-4-6-8-13)18(26)23-14-9-10-15(28-3)16(11-14)29-19(21)22/h4-12,17,19H,1-3H3,(H,23,26)(H2,24,25,27). The molecule has 3 amide bonds. The van der Waals surface area contributed by atoms with Crippen LogP contribution >= 0.6 is 0 Å². The van der Waals surface area contributed by atoms with E-state index in [0.717, 1.165) is 0 Å². The summed E-state index contributed by atoms with van der Waals surface area (Å²) in [6, 6.07) is 11.5. The first-order chi connectivity index (χ1) is 13.8. The molecule has 0 aliphatic heterocycles. The summed E-state index contributed by atoms with van der Waals surface area (Å²) in [4.78, 5) is 24.9. The van der Waals surface area contributed by atoms with Crippen molar-refractivity contribution in [3.63, 3.8) is 0 Å². The van der Waals surface area contributed by atoms with Gasteiger partial charge in [-0.05, 0) is 30.2 Å². The van der Waals surface area contributed by atoms with E-state index in [4.69, 9.17) is 4.74 Å². The number of carbonyl (C=O) groups is 2. The Labute approximate surface area is 167 Å². The molecule has 29 heavy (non-hydrogen) atoms.